The fraction of sp³-hybridized carbons (Fsp3) is 0.625. The van der Waals surface area contributed by atoms with Gasteiger partial charge in [-0.15, -0.1) is 0 Å². The first-order valence-electron chi connectivity index (χ1n) is 7.16. The largest absolute Gasteiger partial charge is 0.327 e. The van der Waals surface area contributed by atoms with Crippen LogP contribution in [0.25, 0.3) is 0 Å². The van der Waals surface area contributed by atoms with E-state index in [0.29, 0.717) is 24.2 Å². The molecule has 2 rings (SSSR count). The van der Waals surface area contributed by atoms with Crippen molar-refractivity contribution >= 4 is 0 Å². The van der Waals surface area contributed by atoms with Crippen LogP contribution >= 0.6 is 0 Å². The van der Waals surface area contributed by atoms with Gasteiger partial charge in [0.15, 0.2) is 0 Å². The summed E-state index contributed by atoms with van der Waals surface area (Å²) in [6.07, 6.45) is 3.94. The minimum absolute atomic E-state index is 0.154. The van der Waals surface area contributed by atoms with Gasteiger partial charge in [-0.05, 0) is 61.1 Å². The summed E-state index contributed by atoms with van der Waals surface area (Å²) >= 11 is 0. The summed E-state index contributed by atoms with van der Waals surface area (Å²) < 4.78 is 26.4. The predicted molar refractivity (Wildman–Crippen MR) is 73.7 cm³/mol. The van der Waals surface area contributed by atoms with E-state index in [9.17, 15) is 8.78 Å². The first-order chi connectivity index (χ1) is 8.95. The van der Waals surface area contributed by atoms with Gasteiger partial charge < -0.3 is 5.73 Å². The zero-order chi connectivity index (χ0) is 14.0. The summed E-state index contributed by atoms with van der Waals surface area (Å²) in [6.45, 7) is 4.47. The van der Waals surface area contributed by atoms with Crippen LogP contribution in [-0.2, 0) is 6.42 Å². The summed E-state index contributed by atoms with van der Waals surface area (Å²) in [4.78, 5) is 0. The first kappa shape index (κ1) is 14.4. The SMILES string of the molecule is CC(C)C1CCC(N)C(Cc2cc(F)cc(F)c2)C1. The Labute approximate surface area is 114 Å². The summed E-state index contributed by atoms with van der Waals surface area (Å²) in [5.41, 5.74) is 6.90. The molecule has 1 aromatic rings. The highest BCUT2D eigenvalue weighted by atomic mass is 19.1. The van der Waals surface area contributed by atoms with Crippen LogP contribution in [-0.4, -0.2) is 6.04 Å². The topological polar surface area (TPSA) is 26.0 Å². The fourth-order valence-corrected chi connectivity index (χ4v) is 3.20. The lowest BCUT2D eigenvalue weighted by Gasteiger charge is -2.36. The molecular weight excluding hydrogens is 244 g/mol. The average Bonchev–Trinajstić information content (AvgIpc) is 2.30. The molecule has 0 heterocycles. The fourth-order valence-electron chi connectivity index (χ4n) is 3.20. The second-order valence-corrected chi connectivity index (χ2v) is 6.22. The molecule has 0 spiro atoms. The Bertz CT molecular complexity index is 411. The lowest BCUT2D eigenvalue weighted by atomic mass is 9.72. The van der Waals surface area contributed by atoms with Crippen LogP contribution in [0.1, 0.15) is 38.7 Å². The van der Waals surface area contributed by atoms with Gasteiger partial charge in [0, 0.05) is 12.1 Å². The maximum atomic E-state index is 13.2. The molecule has 1 fully saturated rings. The van der Waals surface area contributed by atoms with E-state index in [1.807, 2.05) is 0 Å². The van der Waals surface area contributed by atoms with E-state index in [1.165, 1.54) is 18.6 Å². The molecule has 0 bridgehead atoms. The van der Waals surface area contributed by atoms with Crippen LogP contribution < -0.4 is 5.73 Å². The van der Waals surface area contributed by atoms with Crippen LogP contribution in [0.3, 0.4) is 0 Å². The minimum Gasteiger partial charge on any atom is -0.327 e. The Morgan fingerprint density at radius 2 is 1.79 bits per heavy atom. The number of rotatable bonds is 3. The minimum atomic E-state index is -0.500. The van der Waals surface area contributed by atoms with Crippen molar-refractivity contribution in [1.82, 2.24) is 0 Å². The molecule has 1 aliphatic rings. The highest BCUT2D eigenvalue weighted by molar-refractivity contribution is 5.19. The zero-order valence-electron chi connectivity index (χ0n) is 11.7. The van der Waals surface area contributed by atoms with Crippen molar-refractivity contribution in [3.63, 3.8) is 0 Å². The van der Waals surface area contributed by atoms with Crippen molar-refractivity contribution in [2.45, 2.75) is 45.6 Å². The maximum absolute atomic E-state index is 13.2. The van der Waals surface area contributed by atoms with Crippen LogP contribution in [0.2, 0.25) is 0 Å². The Morgan fingerprint density at radius 1 is 1.16 bits per heavy atom. The molecule has 2 N–H and O–H groups in total. The first-order valence-corrected chi connectivity index (χ1v) is 7.16. The number of halogens is 2. The lowest BCUT2D eigenvalue weighted by Crippen LogP contribution is -2.38. The second kappa shape index (κ2) is 6.00. The third-order valence-electron chi connectivity index (χ3n) is 4.44. The van der Waals surface area contributed by atoms with Gasteiger partial charge in [0.05, 0.1) is 0 Å². The van der Waals surface area contributed by atoms with Crippen molar-refractivity contribution in [2.24, 2.45) is 23.5 Å². The van der Waals surface area contributed by atoms with Gasteiger partial charge in [-0.2, -0.15) is 0 Å². The van der Waals surface area contributed by atoms with Crippen LogP contribution in [0.4, 0.5) is 8.78 Å². The molecule has 3 unspecified atom stereocenters. The Morgan fingerprint density at radius 3 is 2.37 bits per heavy atom. The van der Waals surface area contributed by atoms with E-state index in [2.05, 4.69) is 13.8 Å². The van der Waals surface area contributed by atoms with Crippen molar-refractivity contribution in [3.8, 4) is 0 Å². The molecule has 1 aliphatic carbocycles. The molecule has 0 amide bonds. The molecular formula is C16H23F2N. The molecule has 1 nitrogen and oxygen atoms in total. The predicted octanol–water partition coefficient (Wildman–Crippen LogP) is 3.91. The molecule has 0 saturated heterocycles. The quantitative estimate of drug-likeness (QED) is 0.883. The molecule has 0 aromatic heterocycles. The monoisotopic (exact) mass is 267 g/mol. The standard InChI is InChI=1S/C16H23F2N/c1-10(2)12-3-4-16(19)13(8-12)5-11-6-14(17)9-15(18)7-11/h6-7,9-10,12-13,16H,3-5,8,19H2,1-2H3. The van der Waals surface area contributed by atoms with E-state index < -0.39 is 11.6 Å². The number of hydrogen-bond donors (Lipinski definition) is 1. The van der Waals surface area contributed by atoms with Crippen molar-refractivity contribution in [3.05, 3.63) is 35.4 Å². The number of nitrogens with two attached hydrogens (primary N) is 1. The highest BCUT2D eigenvalue weighted by Gasteiger charge is 2.29. The Hall–Kier alpha value is -0.960. The van der Waals surface area contributed by atoms with Gasteiger partial charge in [0.1, 0.15) is 11.6 Å². The van der Waals surface area contributed by atoms with Crippen molar-refractivity contribution in [1.29, 1.82) is 0 Å². The van der Waals surface area contributed by atoms with Gasteiger partial charge in [-0.25, -0.2) is 8.78 Å². The Kier molecular flexibility index (Phi) is 4.56. The molecule has 19 heavy (non-hydrogen) atoms. The molecule has 0 aliphatic heterocycles. The second-order valence-electron chi connectivity index (χ2n) is 6.22. The van der Waals surface area contributed by atoms with Crippen molar-refractivity contribution in [2.75, 3.05) is 0 Å². The number of hydrogen-bond acceptors (Lipinski definition) is 1. The molecule has 1 aromatic carbocycles. The summed E-state index contributed by atoms with van der Waals surface area (Å²) in [5, 5.41) is 0. The van der Waals surface area contributed by atoms with Gasteiger partial charge in [0.2, 0.25) is 0 Å². The lowest BCUT2D eigenvalue weighted by molar-refractivity contribution is 0.189. The third kappa shape index (κ3) is 3.75. The summed E-state index contributed by atoms with van der Waals surface area (Å²) in [6, 6.07) is 3.92. The van der Waals surface area contributed by atoms with Crippen LogP contribution in [0.5, 0.6) is 0 Å². The highest BCUT2D eigenvalue weighted by Crippen LogP contribution is 2.34. The van der Waals surface area contributed by atoms with Gasteiger partial charge in [-0.1, -0.05) is 13.8 Å². The molecule has 0 radical (unpaired) electrons. The van der Waals surface area contributed by atoms with E-state index in [1.54, 1.807) is 0 Å². The average molecular weight is 267 g/mol. The summed E-state index contributed by atoms with van der Waals surface area (Å²) in [5.74, 6) is 0.671. The molecule has 3 heteroatoms. The molecule has 1 saturated carbocycles. The Balaban J connectivity index is 2.07. The normalized spacial score (nSPS) is 27.8. The van der Waals surface area contributed by atoms with Gasteiger partial charge in [-0.3, -0.25) is 0 Å². The smallest absolute Gasteiger partial charge is 0.126 e. The van der Waals surface area contributed by atoms with E-state index in [-0.39, 0.29) is 6.04 Å². The molecule has 3 atom stereocenters. The van der Waals surface area contributed by atoms with E-state index >= 15 is 0 Å². The van der Waals surface area contributed by atoms with Crippen molar-refractivity contribution < 1.29 is 8.78 Å². The maximum Gasteiger partial charge on any atom is 0.126 e. The number of benzene rings is 1. The third-order valence-corrected chi connectivity index (χ3v) is 4.44. The molecule has 106 valence electrons. The van der Waals surface area contributed by atoms with Crippen LogP contribution in [0, 0.1) is 29.4 Å². The van der Waals surface area contributed by atoms with E-state index in [0.717, 1.165) is 24.5 Å². The van der Waals surface area contributed by atoms with E-state index in [4.69, 9.17) is 5.73 Å². The van der Waals surface area contributed by atoms with Crippen LogP contribution in [0.15, 0.2) is 18.2 Å². The van der Waals surface area contributed by atoms with Gasteiger partial charge in [0.25, 0.3) is 0 Å². The zero-order valence-corrected chi connectivity index (χ0v) is 11.7. The summed E-state index contributed by atoms with van der Waals surface area (Å²) in [7, 11) is 0. The van der Waals surface area contributed by atoms with Gasteiger partial charge >= 0.3 is 0 Å².